The van der Waals surface area contributed by atoms with Crippen LogP contribution in [0.15, 0.2) is 0 Å². The van der Waals surface area contributed by atoms with Crippen molar-refractivity contribution in [1.82, 2.24) is 0 Å². The Hall–Kier alpha value is -1.43. The van der Waals surface area contributed by atoms with E-state index in [4.69, 9.17) is 0 Å². The molecule has 0 fully saturated rings. The SMILES string of the molecule is CCCCCC#CCCOC(=O)C([O-])(C(F)(F)F)C(F)(F)F. The van der Waals surface area contributed by atoms with Gasteiger partial charge in [-0.1, -0.05) is 25.7 Å². The van der Waals surface area contributed by atoms with Crippen molar-refractivity contribution >= 4 is 5.97 Å². The first kappa shape index (κ1) is 20.6. The molecule has 0 N–H and O–H groups in total. The molecule has 0 aromatic heterocycles. The highest BCUT2D eigenvalue weighted by Crippen LogP contribution is 2.41. The first-order valence-corrected chi connectivity index (χ1v) is 6.45. The summed E-state index contributed by atoms with van der Waals surface area (Å²) in [6, 6.07) is 0. The van der Waals surface area contributed by atoms with Gasteiger partial charge in [0.2, 0.25) is 0 Å². The zero-order valence-electron chi connectivity index (χ0n) is 11.7. The molecule has 128 valence electrons. The molecule has 0 amide bonds. The van der Waals surface area contributed by atoms with Gasteiger partial charge >= 0.3 is 18.3 Å². The molecule has 0 aromatic carbocycles. The molecular weight excluding hydrogens is 318 g/mol. The number of hydrogen-bond acceptors (Lipinski definition) is 3. The summed E-state index contributed by atoms with van der Waals surface area (Å²) < 4.78 is 77.2. The lowest BCUT2D eigenvalue weighted by Crippen LogP contribution is -2.71. The molecule has 0 rings (SSSR count). The summed E-state index contributed by atoms with van der Waals surface area (Å²) in [4.78, 5) is 10.9. The van der Waals surface area contributed by atoms with Crippen LogP contribution in [0, 0.1) is 11.8 Å². The van der Waals surface area contributed by atoms with Crippen molar-refractivity contribution in [2.24, 2.45) is 0 Å². The maximum absolute atomic E-state index is 12.2. The molecule has 0 aliphatic rings. The number of carbonyl (C=O) groups excluding carboxylic acids is 1. The standard InChI is InChI=1S/C13H15F6O3/c1-2-3-4-5-6-7-8-9-22-10(20)11(21,12(14,15)16)13(17,18)19/h2-5,8-9H2,1H3/q-1. The van der Waals surface area contributed by atoms with E-state index in [0.29, 0.717) is 6.42 Å². The molecule has 9 heteroatoms. The van der Waals surface area contributed by atoms with Crippen molar-refractivity contribution in [2.75, 3.05) is 6.61 Å². The van der Waals surface area contributed by atoms with Crippen molar-refractivity contribution in [1.29, 1.82) is 0 Å². The Bertz CT molecular complexity index is 402. The van der Waals surface area contributed by atoms with Crippen LogP contribution in [0.2, 0.25) is 0 Å². The van der Waals surface area contributed by atoms with Crippen LogP contribution in [0.25, 0.3) is 0 Å². The predicted octanol–water partition coefficient (Wildman–Crippen LogP) is 2.73. The smallest absolute Gasteiger partial charge is 0.399 e. The molecule has 0 aliphatic heterocycles. The second kappa shape index (κ2) is 8.27. The maximum Gasteiger partial charge on any atom is 0.399 e. The Morgan fingerprint density at radius 3 is 1.95 bits per heavy atom. The van der Waals surface area contributed by atoms with Gasteiger partial charge in [0.1, 0.15) is 6.61 Å². The number of unbranched alkanes of at least 4 members (excludes halogenated alkanes) is 3. The largest absolute Gasteiger partial charge is 0.828 e. The average molecular weight is 333 g/mol. The van der Waals surface area contributed by atoms with E-state index in [-0.39, 0.29) is 6.42 Å². The molecule has 3 nitrogen and oxygen atoms in total. The van der Waals surface area contributed by atoms with Crippen molar-refractivity contribution in [3.8, 4) is 11.8 Å². The van der Waals surface area contributed by atoms with Gasteiger partial charge in [-0.3, -0.25) is 4.79 Å². The zero-order valence-corrected chi connectivity index (χ0v) is 11.7. The Morgan fingerprint density at radius 1 is 1.00 bits per heavy atom. The third-order valence-corrected chi connectivity index (χ3v) is 2.58. The van der Waals surface area contributed by atoms with E-state index in [1.807, 2.05) is 6.92 Å². The molecular formula is C13H15F6O3-. The molecule has 0 unspecified atom stereocenters. The minimum absolute atomic E-state index is 0.246. The molecule has 0 bridgehead atoms. The van der Waals surface area contributed by atoms with E-state index >= 15 is 0 Å². The van der Waals surface area contributed by atoms with Crippen molar-refractivity contribution < 1.29 is 41.0 Å². The Morgan fingerprint density at radius 2 is 1.50 bits per heavy atom. The van der Waals surface area contributed by atoms with Crippen LogP contribution >= 0.6 is 0 Å². The van der Waals surface area contributed by atoms with E-state index in [0.717, 1.165) is 19.3 Å². The molecule has 0 saturated heterocycles. The molecule has 0 saturated carbocycles. The number of hydrogen-bond donors (Lipinski definition) is 0. The predicted molar refractivity (Wildman–Crippen MR) is 62.3 cm³/mol. The lowest BCUT2D eigenvalue weighted by atomic mass is 10.0. The highest BCUT2D eigenvalue weighted by Gasteiger charge is 2.68. The third kappa shape index (κ3) is 5.40. The molecule has 0 aromatic rings. The lowest BCUT2D eigenvalue weighted by molar-refractivity contribution is -0.574. The fourth-order valence-electron chi connectivity index (χ4n) is 1.33. The Kier molecular flexibility index (Phi) is 7.73. The second-order valence-corrected chi connectivity index (χ2v) is 4.37. The quantitative estimate of drug-likeness (QED) is 0.325. The summed E-state index contributed by atoms with van der Waals surface area (Å²) in [7, 11) is 0. The van der Waals surface area contributed by atoms with Crippen molar-refractivity contribution in [3.05, 3.63) is 0 Å². The van der Waals surface area contributed by atoms with Gasteiger partial charge in [0.15, 0.2) is 5.60 Å². The summed E-state index contributed by atoms with van der Waals surface area (Å²) in [5.41, 5.74) is -5.78. The number of ether oxygens (including phenoxy) is 1. The normalized spacial score (nSPS) is 12.5. The van der Waals surface area contributed by atoms with Gasteiger partial charge in [-0.15, -0.1) is 5.92 Å². The monoisotopic (exact) mass is 333 g/mol. The van der Waals surface area contributed by atoms with Gasteiger partial charge in [0.25, 0.3) is 0 Å². The summed E-state index contributed by atoms with van der Waals surface area (Å²) in [6.07, 6.45) is -9.67. The van der Waals surface area contributed by atoms with E-state index in [2.05, 4.69) is 16.6 Å². The number of halogens is 6. The van der Waals surface area contributed by atoms with E-state index in [9.17, 15) is 36.2 Å². The molecule has 0 atom stereocenters. The van der Waals surface area contributed by atoms with Crippen LogP contribution < -0.4 is 5.11 Å². The van der Waals surface area contributed by atoms with E-state index in [1.54, 1.807) is 0 Å². The molecule has 0 spiro atoms. The zero-order chi connectivity index (χ0) is 17.4. The maximum atomic E-state index is 12.2. The van der Waals surface area contributed by atoms with E-state index < -0.39 is 30.5 Å². The molecule has 0 radical (unpaired) electrons. The van der Waals surface area contributed by atoms with Crippen LogP contribution in [-0.2, 0) is 9.53 Å². The molecule has 0 heterocycles. The highest BCUT2D eigenvalue weighted by molar-refractivity contribution is 5.81. The van der Waals surface area contributed by atoms with Crippen molar-refractivity contribution in [2.45, 2.75) is 57.0 Å². The number of esters is 1. The van der Waals surface area contributed by atoms with Crippen LogP contribution in [0.1, 0.15) is 39.0 Å². The highest BCUT2D eigenvalue weighted by atomic mass is 19.4. The van der Waals surface area contributed by atoms with Gasteiger partial charge in [-0.05, 0) is 6.42 Å². The number of carbonyl (C=O) groups is 1. The fraction of sp³-hybridized carbons (Fsp3) is 0.769. The second-order valence-electron chi connectivity index (χ2n) is 4.37. The summed E-state index contributed by atoms with van der Waals surface area (Å²) in [6.45, 7) is 1.17. The van der Waals surface area contributed by atoms with E-state index in [1.165, 1.54) is 0 Å². The Labute approximate surface area is 123 Å². The minimum Gasteiger partial charge on any atom is -0.828 e. The third-order valence-electron chi connectivity index (χ3n) is 2.58. The van der Waals surface area contributed by atoms with Gasteiger partial charge < -0.3 is 9.84 Å². The minimum atomic E-state index is -6.34. The van der Waals surface area contributed by atoms with Crippen LogP contribution in [-0.4, -0.2) is 30.5 Å². The molecule has 22 heavy (non-hydrogen) atoms. The number of rotatable bonds is 6. The van der Waals surface area contributed by atoms with Crippen LogP contribution in [0.5, 0.6) is 0 Å². The van der Waals surface area contributed by atoms with Gasteiger partial charge in [-0.25, -0.2) is 0 Å². The fourth-order valence-corrected chi connectivity index (χ4v) is 1.33. The summed E-state index contributed by atoms with van der Waals surface area (Å²) in [5.74, 6) is 2.15. The average Bonchev–Trinajstić information content (AvgIpc) is 2.37. The first-order valence-electron chi connectivity index (χ1n) is 6.45. The van der Waals surface area contributed by atoms with Gasteiger partial charge in [0.05, 0.1) is 0 Å². The molecule has 0 aliphatic carbocycles. The van der Waals surface area contributed by atoms with Gasteiger partial charge in [-0.2, -0.15) is 26.3 Å². The lowest BCUT2D eigenvalue weighted by Gasteiger charge is -2.40. The summed E-state index contributed by atoms with van der Waals surface area (Å²) >= 11 is 0. The van der Waals surface area contributed by atoms with Crippen LogP contribution in [0.4, 0.5) is 26.3 Å². The van der Waals surface area contributed by atoms with Crippen molar-refractivity contribution in [3.63, 3.8) is 0 Å². The van der Waals surface area contributed by atoms with Crippen LogP contribution in [0.3, 0.4) is 0 Å². The first-order chi connectivity index (χ1) is 9.98. The number of alkyl halides is 6. The summed E-state index contributed by atoms with van der Waals surface area (Å²) in [5, 5.41) is 10.9. The van der Waals surface area contributed by atoms with Gasteiger partial charge in [0, 0.05) is 12.8 Å². The topological polar surface area (TPSA) is 49.4 Å². The Balaban J connectivity index is 4.51.